The molecule has 3 unspecified atom stereocenters. The first kappa shape index (κ1) is 14.7. The molecule has 2 heterocycles. The van der Waals surface area contributed by atoms with Crippen LogP contribution in [-0.2, 0) is 18.9 Å². The standard InChI is InChI=1S/C13H23BrO4/c1-10(14)2-3-11-4-5-12(16-7-6-15-11)13-17-8-9-18-13/h10-13H,2-9H2,1H3. The minimum absolute atomic E-state index is 0.0697. The molecule has 2 aliphatic heterocycles. The van der Waals surface area contributed by atoms with Crippen LogP contribution in [0.4, 0.5) is 0 Å². The summed E-state index contributed by atoms with van der Waals surface area (Å²) < 4.78 is 22.6. The highest BCUT2D eigenvalue weighted by atomic mass is 79.9. The van der Waals surface area contributed by atoms with Crippen LogP contribution in [0.25, 0.3) is 0 Å². The molecular weight excluding hydrogens is 300 g/mol. The number of hydrogen-bond donors (Lipinski definition) is 0. The molecule has 0 spiro atoms. The first-order valence-electron chi connectivity index (χ1n) is 6.86. The monoisotopic (exact) mass is 322 g/mol. The summed E-state index contributed by atoms with van der Waals surface area (Å²) in [5, 5.41) is 0. The van der Waals surface area contributed by atoms with Crippen LogP contribution in [0.15, 0.2) is 0 Å². The van der Waals surface area contributed by atoms with E-state index in [1.807, 2.05) is 0 Å². The highest BCUT2D eigenvalue weighted by Gasteiger charge is 2.29. The summed E-state index contributed by atoms with van der Waals surface area (Å²) in [6.07, 6.45) is 4.47. The van der Waals surface area contributed by atoms with Crippen molar-refractivity contribution in [3.05, 3.63) is 0 Å². The van der Waals surface area contributed by atoms with Gasteiger partial charge < -0.3 is 18.9 Å². The summed E-state index contributed by atoms with van der Waals surface area (Å²) in [6, 6.07) is 0. The predicted octanol–water partition coefficient (Wildman–Crippen LogP) is 2.49. The Morgan fingerprint density at radius 1 is 1.00 bits per heavy atom. The minimum atomic E-state index is -0.168. The molecular formula is C13H23BrO4. The summed E-state index contributed by atoms with van der Waals surface area (Å²) in [7, 11) is 0. The van der Waals surface area contributed by atoms with Gasteiger partial charge in [-0.25, -0.2) is 0 Å². The summed E-state index contributed by atoms with van der Waals surface area (Å²) >= 11 is 3.58. The van der Waals surface area contributed by atoms with Crippen molar-refractivity contribution in [3.8, 4) is 0 Å². The molecule has 106 valence electrons. The number of halogens is 1. The summed E-state index contributed by atoms with van der Waals surface area (Å²) in [6.45, 7) is 4.85. The van der Waals surface area contributed by atoms with Crippen molar-refractivity contribution in [1.82, 2.24) is 0 Å². The molecule has 2 fully saturated rings. The lowest BCUT2D eigenvalue weighted by molar-refractivity contribution is -0.165. The lowest BCUT2D eigenvalue weighted by Crippen LogP contribution is -2.35. The Morgan fingerprint density at radius 2 is 1.67 bits per heavy atom. The molecule has 0 aliphatic carbocycles. The van der Waals surface area contributed by atoms with E-state index in [0.29, 0.717) is 37.4 Å². The number of rotatable bonds is 4. The fourth-order valence-corrected chi connectivity index (χ4v) is 2.64. The Hall–Kier alpha value is 0.320. The number of hydrogen-bond acceptors (Lipinski definition) is 4. The van der Waals surface area contributed by atoms with Gasteiger partial charge in [-0.2, -0.15) is 0 Å². The van der Waals surface area contributed by atoms with Gasteiger partial charge >= 0.3 is 0 Å². The second kappa shape index (κ2) is 7.80. The average molecular weight is 323 g/mol. The summed E-state index contributed by atoms with van der Waals surface area (Å²) in [5.41, 5.74) is 0. The molecule has 0 aromatic carbocycles. The van der Waals surface area contributed by atoms with Gasteiger partial charge in [-0.3, -0.25) is 0 Å². The number of ether oxygens (including phenoxy) is 4. The SMILES string of the molecule is CC(Br)CCC1CCC(C2OCCO2)OCCO1. The zero-order chi connectivity index (χ0) is 12.8. The topological polar surface area (TPSA) is 36.9 Å². The second-order valence-corrected chi connectivity index (χ2v) is 6.51. The summed E-state index contributed by atoms with van der Waals surface area (Å²) in [4.78, 5) is 0.556. The molecule has 2 rings (SSSR count). The van der Waals surface area contributed by atoms with E-state index in [-0.39, 0.29) is 12.4 Å². The first-order chi connectivity index (χ1) is 8.75. The Bertz CT molecular complexity index is 231. The summed E-state index contributed by atoms with van der Waals surface area (Å²) in [5.74, 6) is 0. The number of alkyl halides is 1. The first-order valence-corrected chi connectivity index (χ1v) is 7.78. The molecule has 0 N–H and O–H groups in total. The van der Waals surface area contributed by atoms with Gasteiger partial charge in [0.15, 0.2) is 6.29 Å². The lowest BCUT2D eigenvalue weighted by Gasteiger charge is -2.28. The second-order valence-electron chi connectivity index (χ2n) is 4.95. The zero-order valence-corrected chi connectivity index (χ0v) is 12.6. The van der Waals surface area contributed by atoms with E-state index in [4.69, 9.17) is 18.9 Å². The molecule has 2 aliphatic rings. The Labute approximate surface area is 117 Å². The molecule has 2 saturated heterocycles. The fraction of sp³-hybridized carbons (Fsp3) is 1.00. The highest BCUT2D eigenvalue weighted by molar-refractivity contribution is 9.09. The van der Waals surface area contributed by atoms with Crippen molar-refractivity contribution in [2.75, 3.05) is 26.4 Å². The van der Waals surface area contributed by atoms with E-state index in [1.165, 1.54) is 0 Å². The van der Waals surface area contributed by atoms with Crippen LogP contribution < -0.4 is 0 Å². The zero-order valence-electron chi connectivity index (χ0n) is 11.0. The van der Waals surface area contributed by atoms with Gasteiger partial charge in [0, 0.05) is 4.83 Å². The van der Waals surface area contributed by atoms with Crippen molar-refractivity contribution in [2.45, 2.75) is 55.9 Å². The molecule has 5 heteroatoms. The maximum Gasteiger partial charge on any atom is 0.183 e. The van der Waals surface area contributed by atoms with E-state index >= 15 is 0 Å². The molecule has 0 radical (unpaired) electrons. The van der Waals surface area contributed by atoms with Crippen molar-refractivity contribution in [1.29, 1.82) is 0 Å². The normalized spacial score (nSPS) is 33.0. The minimum Gasteiger partial charge on any atom is -0.376 e. The molecule has 0 aromatic rings. The third-order valence-electron chi connectivity index (χ3n) is 3.38. The van der Waals surface area contributed by atoms with Crippen LogP contribution >= 0.6 is 15.9 Å². The van der Waals surface area contributed by atoms with Crippen molar-refractivity contribution in [3.63, 3.8) is 0 Å². The van der Waals surface area contributed by atoms with Crippen LogP contribution in [-0.4, -0.2) is 49.8 Å². The van der Waals surface area contributed by atoms with Gasteiger partial charge in [0.25, 0.3) is 0 Å². The molecule has 0 amide bonds. The average Bonchev–Trinajstić information content (AvgIpc) is 2.81. The van der Waals surface area contributed by atoms with Crippen LogP contribution in [0.5, 0.6) is 0 Å². The maximum absolute atomic E-state index is 5.82. The lowest BCUT2D eigenvalue weighted by atomic mass is 10.0. The van der Waals surface area contributed by atoms with Crippen molar-refractivity contribution < 1.29 is 18.9 Å². The van der Waals surface area contributed by atoms with Gasteiger partial charge in [-0.05, 0) is 25.7 Å². The molecule has 0 saturated carbocycles. The van der Waals surface area contributed by atoms with E-state index < -0.39 is 0 Å². The molecule has 0 bridgehead atoms. The van der Waals surface area contributed by atoms with Gasteiger partial charge in [-0.15, -0.1) is 0 Å². The Kier molecular flexibility index (Phi) is 6.38. The van der Waals surface area contributed by atoms with Crippen molar-refractivity contribution >= 4 is 15.9 Å². The Morgan fingerprint density at radius 3 is 2.39 bits per heavy atom. The largest absolute Gasteiger partial charge is 0.376 e. The molecule has 3 atom stereocenters. The van der Waals surface area contributed by atoms with Gasteiger partial charge in [0.2, 0.25) is 0 Å². The highest BCUT2D eigenvalue weighted by Crippen LogP contribution is 2.22. The fourth-order valence-electron chi connectivity index (χ4n) is 2.38. The third-order valence-corrected chi connectivity index (χ3v) is 3.84. The van der Waals surface area contributed by atoms with Crippen LogP contribution in [0, 0.1) is 0 Å². The van der Waals surface area contributed by atoms with E-state index in [1.54, 1.807) is 0 Å². The predicted molar refractivity (Wildman–Crippen MR) is 72.0 cm³/mol. The Balaban J connectivity index is 1.76. The quantitative estimate of drug-likeness (QED) is 0.745. The van der Waals surface area contributed by atoms with Crippen LogP contribution in [0.1, 0.15) is 32.6 Å². The molecule has 0 aromatic heterocycles. The van der Waals surface area contributed by atoms with Gasteiger partial charge in [-0.1, -0.05) is 22.9 Å². The van der Waals surface area contributed by atoms with Gasteiger partial charge in [0.05, 0.1) is 32.5 Å². The smallest absolute Gasteiger partial charge is 0.183 e. The van der Waals surface area contributed by atoms with E-state index in [0.717, 1.165) is 25.7 Å². The van der Waals surface area contributed by atoms with Crippen molar-refractivity contribution in [2.24, 2.45) is 0 Å². The van der Waals surface area contributed by atoms with Crippen LogP contribution in [0.3, 0.4) is 0 Å². The van der Waals surface area contributed by atoms with E-state index in [2.05, 4.69) is 22.9 Å². The van der Waals surface area contributed by atoms with E-state index in [9.17, 15) is 0 Å². The third kappa shape index (κ3) is 4.78. The maximum atomic E-state index is 5.82. The van der Waals surface area contributed by atoms with Crippen LogP contribution in [0.2, 0.25) is 0 Å². The molecule has 4 nitrogen and oxygen atoms in total. The molecule has 18 heavy (non-hydrogen) atoms. The van der Waals surface area contributed by atoms with Gasteiger partial charge in [0.1, 0.15) is 6.10 Å².